The van der Waals surface area contributed by atoms with Crippen LogP contribution in [0.25, 0.3) is 0 Å². The number of rotatable bonds is 7. The first-order valence-electron chi connectivity index (χ1n) is 6.42. The summed E-state index contributed by atoms with van der Waals surface area (Å²) in [5.41, 5.74) is 0.986. The Morgan fingerprint density at radius 3 is 2.68 bits per heavy atom. The van der Waals surface area contributed by atoms with Gasteiger partial charge in [0.05, 0.1) is 12.7 Å². The summed E-state index contributed by atoms with van der Waals surface area (Å²) in [4.78, 5) is 15.9. The minimum atomic E-state index is -0.432. The summed E-state index contributed by atoms with van der Waals surface area (Å²) in [6.07, 6.45) is 1.07. The molecule has 106 valence electrons. The van der Waals surface area contributed by atoms with Crippen LogP contribution in [0.1, 0.15) is 43.7 Å². The first kappa shape index (κ1) is 15.6. The van der Waals surface area contributed by atoms with Crippen LogP contribution < -0.4 is 0 Å². The van der Waals surface area contributed by atoms with Crippen LogP contribution in [-0.4, -0.2) is 30.0 Å². The molecule has 1 aromatic rings. The van der Waals surface area contributed by atoms with Crippen LogP contribution in [0.3, 0.4) is 0 Å². The van der Waals surface area contributed by atoms with Crippen LogP contribution in [0.5, 0.6) is 0 Å². The second-order valence-electron chi connectivity index (χ2n) is 4.30. The summed E-state index contributed by atoms with van der Waals surface area (Å²) in [6, 6.07) is 3.55. The lowest BCUT2D eigenvalue weighted by Crippen LogP contribution is -2.17. The van der Waals surface area contributed by atoms with Crippen LogP contribution in [0.4, 0.5) is 0 Å². The number of pyridine rings is 1. The van der Waals surface area contributed by atoms with Gasteiger partial charge in [-0.25, -0.2) is 9.78 Å². The molecule has 5 heteroatoms. The lowest BCUT2D eigenvalue weighted by atomic mass is 10.2. The third-order valence-corrected chi connectivity index (χ3v) is 2.30. The fourth-order valence-corrected chi connectivity index (χ4v) is 1.50. The second-order valence-corrected chi connectivity index (χ2v) is 4.30. The maximum atomic E-state index is 11.9. The van der Waals surface area contributed by atoms with Gasteiger partial charge in [-0.05, 0) is 33.8 Å². The number of hydrogen-bond acceptors (Lipinski definition) is 5. The van der Waals surface area contributed by atoms with Crippen molar-refractivity contribution < 1.29 is 19.0 Å². The SMILES string of the molecule is CCOC(C)OCc1cccnc1C(=O)OC(C)C. The predicted octanol–water partition coefficient (Wildman–Crippen LogP) is 2.55. The third kappa shape index (κ3) is 5.36. The molecule has 0 saturated carbocycles. The number of nitrogens with zero attached hydrogens (tertiary/aromatic N) is 1. The molecule has 0 N–H and O–H groups in total. The van der Waals surface area contributed by atoms with Crippen molar-refractivity contribution in [2.24, 2.45) is 0 Å². The average Bonchev–Trinajstić information content (AvgIpc) is 2.36. The topological polar surface area (TPSA) is 57.7 Å². The van der Waals surface area contributed by atoms with Gasteiger partial charge in [-0.15, -0.1) is 0 Å². The molecule has 0 amide bonds. The molecule has 1 rings (SSSR count). The Bertz CT molecular complexity index is 406. The molecular formula is C14H21NO4. The fourth-order valence-electron chi connectivity index (χ4n) is 1.50. The zero-order chi connectivity index (χ0) is 14.3. The zero-order valence-corrected chi connectivity index (χ0v) is 11.9. The largest absolute Gasteiger partial charge is 0.458 e. The van der Waals surface area contributed by atoms with Crippen molar-refractivity contribution in [3.63, 3.8) is 0 Å². The maximum Gasteiger partial charge on any atom is 0.357 e. The molecule has 0 saturated heterocycles. The third-order valence-electron chi connectivity index (χ3n) is 2.30. The van der Waals surface area contributed by atoms with E-state index in [2.05, 4.69) is 4.98 Å². The molecule has 1 heterocycles. The Kier molecular flexibility index (Phi) is 6.45. The van der Waals surface area contributed by atoms with Gasteiger partial charge in [0, 0.05) is 18.4 Å². The van der Waals surface area contributed by atoms with Gasteiger partial charge in [0.1, 0.15) is 0 Å². The van der Waals surface area contributed by atoms with Gasteiger partial charge in [-0.2, -0.15) is 0 Å². The van der Waals surface area contributed by atoms with E-state index >= 15 is 0 Å². The number of aromatic nitrogens is 1. The number of carbonyl (C=O) groups excluding carboxylic acids is 1. The van der Waals surface area contributed by atoms with Crippen molar-refractivity contribution >= 4 is 5.97 Å². The van der Waals surface area contributed by atoms with Gasteiger partial charge in [0.2, 0.25) is 0 Å². The van der Waals surface area contributed by atoms with Crippen molar-refractivity contribution in [1.29, 1.82) is 0 Å². The summed E-state index contributed by atoms with van der Waals surface area (Å²) in [5.74, 6) is -0.432. The van der Waals surface area contributed by atoms with E-state index in [-0.39, 0.29) is 19.0 Å². The molecule has 0 spiro atoms. The van der Waals surface area contributed by atoms with Crippen LogP contribution in [0.15, 0.2) is 18.3 Å². The first-order valence-corrected chi connectivity index (χ1v) is 6.42. The summed E-state index contributed by atoms with van der Waals surface area (Å²) in [6.45, 7) is 8.15. The highest BCUT2D eigenvalue weighted by Crippen LogP contribution is 2.11. The van der Waals surface area contributed by atoms with E-state index < -0.39 is 5.97 Å². The minimum absolute atomic E-state index is 0.175. The number of ether oxygens (including phenoxy) is 3. The molecule has 0 aromatic carbocycles. The lowest BCUT2D eigenvalue weighted by Gasteiger charge is -2.14. The van der Waals surface area contributed by atoms with Crippen molar-refractivity contribution in [2.75, 3.05) is 6.61 Å². The Morgan fingerprint density at radius 2 is 2.05 bits per heavy atom. The highest BCUT2D eigenvalue weighted by molar-refractivity contribution is 5.88. The average molecular weight is 267 g/mol. The molecule has 0 aliphatic heterocycles. The molecular weight excluding hydrogens is 246 g/mol. The summed E-state index contributed by atoms with van der Waals surface area (Å²) in [5, 5.41) is 0. The van der Waals surface area contributed by atoms with Crippen LogP contribution in [-0.2, 0) is 20.8 Å². The summed E-state index contributed by atoms with van der Waals surface area (Å²) in [7, 11) is 0. The normalized spacial score (nSPS) is 12.5. The van der Waals surface area contributed by atoms with E-state index in [1.54, 1.807) is 32.2 Å². The Hall–Kier alpha value is -1.46. The van der Waals surface area contributed by atoms with E-state index in [9.17, 15) is 4.79 Å². The zero-order valence-electron chi connectivity index (χ0n) is 11.9. The van der Waals surface area contributed by atoms with E-state index in [1.165, 1.54) is 0 Å². The fraction of sp³-hybridized carbons (Fsp3) is 0.571. The summed E-state index contributed by atoms with van der Waals surface area (Å²) >= 11 is 0. The second kappa shape index (κ2) is 7.86. The van der Waals surface area contributed by atoms with Crippen molar-refractivity contribution in [3.05, 3.63) is 29.6 Å². The first-order chi connectivity index (χ1) is 9.04. The molecule has 0 aliphatic rings. The monoisotopic (exact) mass is 267 g/mol. The number of esters is 1. The Balaban J connectivity index is 2.70. The van der Waals surface area contributed by atoms with Crippen LogP contribution in [0, 0.1) is 0 Å². The van der Waals surface area contributed by atoms with Crippen molar-refractivity contribution in [2.45, 2.75) is 46.7 Å². The lowest BCUT2D eigenvalue weighted by molar-refractivity contribution is -0.134. The highest BCUT2D eigenvalue weighted by Gasteiger charge is 2.16. The van der Waals surface area contributed by atoms with Gasteiger partial charge in [-0.3, -0.25) is 0 Å². The van der Waals surface area contributed by atoms with Gasteiger partial charge >= 0.3 is 5.97 Å². The van der Waals surface area contributed by atoms with E-state index in [1.807, 2.05) is 13.8 Å². The highest BCUT2D eigenvalue weighted by atomic mass is 16.7. The molecule has 0 aliphatic carbocycles. The molecule has 1 unspecified atom stereocenters. The van der Waals surface area contributed by atoms with E-state index in [0.29, 0.717) is 17.9 Å². The van der Waals surface area contributed by atoms with Crippen molar-refractivity contribution in [1.82, 2.24) is 4.98 Å². The molecule has 1 aromatic heterocycles. The quantitative estimate of drug-likeness (QED) is 0.561. The maximum absolute atomic E-state index is 11.9. The van der Waals surface area contributed by atoms with Crippen molar-refractivity contribution in [3.8, 4) is 0 Å². The molecule has 5 nitrogen and oxygen atoms in total. The molecule has 0 fully saturated rings. The molecule has 0 bridgehead atoms. The summed E-state index contributed by atoms with van der Waals surface area (Å²) < 4.78 is 15.9. The van der Waals surface area contributed by atoms with E-state index in [4.69, 9.17) is 14.2 Å². The number of carbonyl (C=O) groups is 1. The Morgan fingerprint density at radius 1 is 1.32 bits per heavy atom. The molecule has 1 atom stereocenters. The van der Waals surface area contributed by atoms with Gasteiger partial charge < -0.3 is 14.2 Å². The standard InChI is InChI=1S/C14H21NO4/c1-5-17-11(4)18-9-12-7-6-8-15-13(12)14(16)19-10(2)3/h6-8,10-11H,5,9H2,1-4H3. The van der Waals surface area contributed by atoms with Gasteiger partial charge in [0.15, 0.2) is 12.0 Å². The van der Waals surface area contributed by atoms with E-state index in [0.717, 1.165) is 0 Å². The van der Waals surface area contributed by atoms with Crippen LogP contribution >= 0.6 is 0 Å². The Labute approximate surface area is 113 Å². The smallest absolute Gasteiger partial charge is 0.357 e. The molecule has 0 radical (unpaired) electrons. The number of hydrogen-bond donors (Lipinski definition) is 0. The van der Waals surface area contributed by atoms with Gasteiger partial charge in [0.25, 0.3) is 0 Å². The minimum Gasteiger partial charge on any atom is -0.458 e. The van der Waals surface area contributed by atoms with Crippen LogP contribution in [0.2, 0.25) is 0 Å². The molecule has 19 heavy (non-hydrogen) atoms. The van der Waals surface area contributed by atoms with Gasteiger partial charge in [-0.1, -0.05) is 6.07 Å². The predicted molar refractivity (Wildman–Crippen MR) is 70.7 cm³/mol.